The Bertz CT molecular complexity index is 643. The van der Waals surface area contributed by atoms with E-state index in [9.17, 15) is 4.79 Å². The van der Waals surface area contributed by atoms with Crippen molar-refractivity contribution < 1.29 is 14.3 Å². The molecule has 4 nitrogen and oxygen atoms in total. The first kappa shape index (κ1) is 15.4. The first-order chi connectivity index (χ1) is 10.2. The number of ether oxygens (including phenoxy) is 2. The van der Waals surface area contributed by atoms with E-state index in [1.54, 1.807) is 25.3 Å². The summed E-state index contributed by atoms with van der Waals surface area (Å²) in [6.45, 7) is 2.39. The highest BCUT2D eigenvalue weighted by Crippen LogP contribution is 2.29. The van der Waals surface area contributed by atoms with Crippen molar-refractivity contribution in [3.63, 3.8) is 0 Å². The Hall–Kier alpha value is -2.01. The first-order valence-electron chi connectivity index (χ1n) is 6.52. The van der Waals surface area contributed by atoms with Crippen molar-refractivity contribution in [1.29, 1.82) is 0 Å². The number of para-hydroxylation sites is 1. The number of carbonyl (C=O) groups is 1. The number of halogens is 1. The number of methoxy groups -OCH3 is 1. The topological polar surface area (TPSA) is 47.6 Å². The molecule has 1 N–H and O–H groups in total. The van der Waals surface area contributed by atoms with Crippen LogP contribution in [0.1, 0.15) is 17.3 Å². The zero-order valence-electron chi connectivity index (χ0n) is 11.9. The second kappa shape index (κ2) is 7.13. The van der Waals surface area contributed by atoms with Gasteiger partial charge in [-0.05, 0) is 53.2 Å². The maximum Gasteiger partial charge on any atom is 0.255 e. The summed E-state index contributed by atoms with van der Waals surface area (Å²) in [5.74, 6) is 0.958. The lowest BCUT2D eigenvalue weighted by Crippen LogP contribution is -2.12. The zero-order valence-corrected chi connectivity index (χ0v) is 13.4. The quantitative estimate of drug-likeness (QED) is 0.883. The van der Waals surface area contributed by atoms with E-state index in [0.717, 1.165) is 10.2 Å². The van der Waals surface area contributed by atoms with Crippen LogP contribution in [-0.2, 0) is 0 Å². The molecule has 0 saturated heterocycles. The molecular weight excluding hydrogens is 334 g/mol. The summed E-state index contributed by atoms with van der Waals surface area (Å²) in [5.41, 5.74) is 1.23. The van der Waals surface area contributed by atoms with E-state index in [1.165, 1.54) is 0 Å². The molecule has 110 valence electrons. The van der Waals surface area contributed by atoms with Crippen LogP contribution < -0.4 is 14.8 Å². The number of benzene rings is 2. The van der Waals surface area contributed by atoms with Crippen molar-refractivity contribution in [3.05, 3.63) is 52.5 Å². The molecule has 0 saturated carbocycles. The highest BCUT2D eigenvalue weighted by atomic mass is 79.9. The highest BCUT2D eigenvalue weighted by Gasteiger charge is 2.12. The molecule has 2 aromatic carbocycles. The van der Waals surface area contributed by atoms with Gasteiger partial charge in [0.15, 0.2) is 11.5 Å². The fourth-order valence-electron chi connectivity index (χ4n) is 1.84. The predicted molar refractivity (Wildman–Crippen MR) is 86.3 cm³/mol. The van der Waals surface area contributed by atoms with Gasteiger partial charge in [-0.2, -0.15) is 0 Å². The largest absolute Gasteiger partial charge is 0.493 e. The van der Waals surface area contributed by atoms with Gasteiger partial charge in [0.1, 0.15) is 0 Å². The van der Waals surface area contributed by atoms with Crippen molar-refractivity contribution >= 4 is 27.5 Å². The second-order valence-electron chi connectivity index (χ2n) is 4.23. The van der Waals surface area contributed by atoms with Crippen LogP contribution in [0.2, 0.25) is 0 Å². The van der Waals surface area contributed by atoms with E-state index < -0.39 is 0 Å². The molecule has 0 aromatic heterocycles. The maximum absolute atomic E-state index is 12.3. The van der Waals surface area contributed by atoms with Crippen molar-refractivity contribution in [1.82, 2.24) is 0 Å². The third-order valence-corrected chi connectivity index (χ3v) is 3.54. The zero-order chi connectivity index (χ0) is 15.2. The van der Waals surface area contributed by atoms with Crippen LogP contribution in [0.15, 0.2) is 46.9 Å². The monoisotopic (exact) mass is 349 g/mol. The molecular formula is C16H16BrNO3. The number of hydrogen-bond acceptors (Lipinski definition) is 3. The average Bonchev–Trinajstić information content (AvgIpc) is 2.50. The van der Waals surface area contributed by atoms with Gasteiger partial charge in [0, 0.05) is 10.0 Å². The van der Waals surface area contributed by atoms with Gasteiger partial charge in [-0.15, -0.1) is 0 Å². The second-order valence-corrected chi connectivity index (χ2v) is 5.09. The number of hydrogen-bond donors (Lipinski definition) is 1. The van der Waals surface area contributed by atoms with Gasteiger partial charge in [-0.3, -0.25) is 4.79 Å². The smallest absolute Gasteiger partial charge is 0.255 e. The molecule has 2 aromatic rings. The number of carbonyl (C=O) groups excluding carboxylic acids is 1. The van der Waals surface area contributed by atoms with Gasteiger partial charge < -0.3 is 14.8 Å². The third kappa shape index (κ3) is 3.76. The van der Waals surface area contributed by atoms with Gasteiger partial charge >= 0.3 is 0 Å². The molecule has 21 heavy (non-hydrogen) atoms. The number of anilines is 1. The summed E-state index contributed by atoms with van der Waals surface area (Å²) >= 11 is 3.40. The van der Waals surface area contributed by atoms with E-state index in [0.29, 0.717) is 23.7 Å². The number of rotatable bonds is 5. The molecule has 2 rings (SSSR count). The fraction of sp³-hybridized carbons (Fsp3) is 0.188. The van der Waals surface area contributed by atoms with Gasteiger partial charge in [0.05, 0.1) is 19.4 Å². The van der Waals surface area contributed by atoms with Gasteiger partial charge in [-0.25, -0.2) is 0 Å². The normalized spacial score (nSPS) is 10.0. The number of nitrogens with one attached hydrogen (secondary N) is 1. The summed E-state index contributed by atoms with van der Waals surface area (Å²) < 4.78 is 11.5. The van der Waals surface area contributed by atoms with Crippen LogP contribution in [0.3, 0.4) is 0 Å². The number of amides is 1. The minimum absolute atomic E-state index is 0.203. The summed E-state index contributed by atoms with van der Waals surface area (Å²) in [7, 11) is 1.57. The lowest BCUT2D eigenvalue weighted by atomic mass is 10.2. The van der Waals surface area contributed by atoms with E-state index >= 15 is 0 Å². The molecule has 0 aliphatic carbocycles. The van der Waals surface area contributed by atoms with Gasteiger partial charge in [-0.1, -0.05) is 12.1 Å². The Morgan fingerprint density at radius 3 is 2.62 bits per heavy atom. The lowest BCUT2D eigenvalue weighted by molar-refractivity contribution is 0.102. The molecule has 0 radical (unpaired) electrons. The average molecular weight is 350 g/mol. The van der Waals surface area contributed by atoms with Crippen LogP contribution in [0.25, 0.3) is 0 Å². The Kier molecular flexibility index (Phi) is 5.22. The van der Waals surface area contributed by atoms with Crippen LogP contribution in [0.4, 0.5) is 5.69 Å². The van der Waals surface area contributed by atoms with Crippen molar-refractivity contribution in [2.45, 2.75) is 6.92 Å². The highest BCUT2D eigenvalue weighted by molar-refractivity contribution is 9.10. The van der Waals surface area contributed by atoms with Crippen LogP contribution >= 0.6 is 15.9 Å². The molecule has 0 aliphatic heterocycles. The third-order valence-electron chi connectivity index (χ3n) is 2.85. The maximum atomic E-state index is 12.3. The fourth-order valence-corrected chi connectivity index (χ4v) is 2.23. The minimum Gasteiger partial charge on any atom is -0.493 e. The standard InChI is InChI=1S/C16H16BrNO3/c1-3-21-15-10-11(8-9-14(15)20-2)16(19)18-13-7-5-4-6-12(13)17/h4-10H,3H2,1-2H3,(H,18,19). The lowest BCUT2D eigenvalue weighted by Gasteiger charge is -2.12. The molecule has 1 amide bonds. The molecule has 5 heteroatoms. The van der Waals surface area contributed by atoms with E-state index in [-0.39, 0.29) is 5.91 Å². The Labute approximate surface area is 132 Å². The molecule has 0 atom stereocenters. The van der Waals surface area contributed by atoms with E-state index in [4.69, 9.17) is 9.47 Å². The molecule has 0 spiro atoms. The Morgan fingerprint density at radius 2 is 1.95 bits per heavy atom. The van der Waals surface area contributed by atoms with Crippen LogP contribution in [0.5, 0.6) is 11.5 Å². The van der Waals surface area contributed by atoms with E-state index in [2.05, 4.69) is 21.2 Å². The molecule has 0 heterocycles. The van der Waals surface area contributed by atoms with Gasteiger partial charge in [0.2, 0.25) is 0 Å². The molecule has 0 fully saturated rings. The predicted octanol–water partition coefficient (Wildman–Crippen LogP) is 4.11. The van der Waals surface area contributed by atoms with Gasteiger partial charge in [0.25, 0.3) is 5.91 Å². The molecule has 0 unspecified atom stereocenters. The first-order valence-corrected chi connectivity index (χ1v) is 7.31. The van der Waals surface area contributed by atoms with Crippen molar-refractivity contribution in [3.8, 4) is 11.5 Å². The van der Waals surface area contributed by atoms with E-state index in [1.807, 2.05) is 31.2 Å². The van der Waals surface area contributed by atoms with Crippen LogP contribution in [-0.4, -0.2) is 19.6 Å². The summed E-state index contributed by atoms with van der Waals surface area (Å²) in [6, 6.07) is 12.5. The van der Waals surface area contributed by atoms with Crippen molar-refractivity contribution in [2.75, 3.05) is 19.0 Å². The van der Waals surface area contributed by atoms with Crippen LogP contribution in [0, 0.1) is 0 Å². The minimum atomic E-state index is -0.203. The SMILES string of the molecule is CCOc1cc(C(=O)Nc2ccccc2Br)ccc1OC. The summed E-state index contributed by atoms with van der Waals surface area (Å²) in [6.07, 6.45) is 0. The summed E-state index contributed by atoms with van der Waals surface area (Å²) in [5, 5.41) is 2.85. The molecule has 0 aliphatic rings. The Morgan fingerprint density at radius 1 is 1.19 bits per heavy atom. The Balaban J connectivity index is 2.23. The summed E-state index contributed by atoms with van der Waals surface area (Å²) in [4.78, 5) is 12.3. The van der Waals surface area contributed by atoms with Crippen molar-refractivity contribution in [2.24, 2.45) is 0 Å². The molecule has 0 bridgehead atoms.